The van der Waals surface area contributed by atoms with Crippen molar-refractivity contribution in [1.29, 1.82) is 0 Å². The molecule has 18 heavy (non-hydrogen) atoms. The summed E-state index contributed by atoms with van der Waals surface area (Å²) in [6.07, 6.45) is 0. The van der Waals surface area contributed by atoms with Crippen LogP contribution in [0, 0.1) is 0 Å². The van der Waals surface area contributed by atoms with Crippen molar-refractivity contribution in [2.75, 3.05) is 11.8 Å². The lowest BCUT2D eigenvalue weighted by Gasteiger charge is -2.22. The number of rotatable bonds is 4. The van der Waals surface area contributed by atoms with E-state index in [2.05, 4.69) is 4.72 Å². The highest BCUT2D eigenvalue weighted by molar-refractivity contribution is 7.94. The van der Waals surface area contributed by atoms with E-state index >= 15 is 0 Å². The van der Waals surface area contributed by atoms with Gasteiger partial charge < -0.3 is 10.5 Å². The predicted octanol–water partition coefficient (Wildman–Crippen LogP) is 1.69. The van der Waals surface area contributed by atoms with Crippen molar-refractivity contribution in [3.05, 3.63) is 23.8 Å². The van der Waals surface area contributed by atoms with Gasteiger partial charge in [0.2, 0.25) is 10.0 Å². The van der Waals surface area contributed by atoms with Crippen LogP contribution < -0.4 is 15.2 Å². The Morgan fingerprint density at radius 2 is 1.94 bits per heavy atom. The minimum atomic E-state index is -3.50. The van der Waals surface area contributed by atoms with E-state index in [0.29, 0.717) is 17.0 Å². The van der Waals surface area contributed by atoms with Crippen molar-refractivity contribution >= 4 is 15.7 Å². The monoisotopic (exact) mass is 272 g/mol. The summed E-state index contributed by atoms with van der Waals surface area (Å²) >= 11 is 0. The Morgan fingerprint density at radius 3 is 2.39 bits per heavy atom. The van der Waals surface area contributed by atoms with Crippen molar-refractivity contribution in [1.82, 2.24) is 0 Å². The van der Waals surface area contributed by atoms with E-state index < -0.39 is 14.8 Å². The Balaban J connectivity index is 3.27. The molecule has 5 nitrogen and oxygen atoms in total. The molecule has 0 bridgehead atoms. The first-order valence-corrected chi connectivity index (χ1v) is 7.09. The lowest BCUT2D eigenvalue weighted by Crippen LogP contribution is -2.34. The van der Waals surface area contributed by atoms with E-state index in [9.17, 15) is 8.42 Å². The number of anilines is 1. The van der Waals surface area contributed by atoms with E-state index in [4.69, 9.17) is 10.5 Å². The van der Waals surface area contributed by atoms with Crippen LogP contribution in [0.5, 0.6) is 5.75 Å². The van der Waals surface area contributed by atoms with Gasteiger partial charge in [-0.05, 0) is 32.4 Å². The van der Waals surface area contributed by atoms with Gasteiger partial charge in [0.05, 0.1) is 17.5 Å². The lowest BCUT2D eigenvalue weighted by molar-refractivity contribution is 0.416. The summed E-state index contributed by atoms with van der Waals surface area (Å²) < 4.78 is 31.1. The zero-order valence-electron chi connectivity index (χ0n) is 11.1. The van der Waals surface area contributed by atoms with Gasteiger partial charge in [-0.1, -0.05) is 12.1 Å². The third-order valence-electron chi connectivity index (χ3n) is 2.59. The predicted molar refractivity (Wildman–Crippen MR) is 73.2 cm³/mol. The number of hydrogen-bond acceptors (Lipinski definition) is 4. The van der Waals surface area contributed by atoms with Crippen LogP contribution in [-0.2, 0) is 16.6 Å². The fraction of sp³-hybridized carbons (Fsp3) is 0.500. The summed E-state index contributed by atoms with van der Waals surface area (Å²) in [5, 5.41) is 0. The molecule has 0 aromatic heterocycles. The van der Waals surface area contributed by atoms with E-state index in [0.717, 1.165) is 0 Å². The highest BCUT2D eigenvalue weighted by atomic mass is 32.2. The molecule has 0 spiro atoms. The maximum Gasteiger partial charge on any atom is 0.237 e. The topological polar surface area (TPSA) is 81.4 Å². The molecular formula is C12H20N2O3S. The van der Waals surface area contributed by atoms with E-state index in [1.54, 1.807) is 39.0 Å². The number of hydrogen-bond donors (Lipinski definition) is 2. The van der Waals surface area contributed by atoms with Crippen molar-refractivity contribution in [3.63, 3.8) is 0 Å². The third-order valence-corrected chi connectivity index (χ3v) is 4.68. The van der Waals surface area contributed by atoms with Crippen molar-refractivity contribution < 1.29 is 13.2 Å². The third kappa shape index (κ3) is 2.94. The standard InChI is InChI=1S/C12H20N2O3S/c1-12(2,3)18(15,16)14-11-9(8-13)6-5-7-10(11)17-4/h5-7,14H,8,13H2,1-4H3. The first-order chi connectivity index (χ1) is 8.23. The molecule has 102 valence electrons. The van der Waals surface area contributed by atoms with Crippen LogP contribution in [0.25, 0.3) is 0 Å². The smallest absolute Gasteiger partial charge is 0.237 e. The highest BCUT2D eigenvalue weighted by Crippen LogP contribution is 2.31. The lowest BCUT2D eigenvalue weighted by atomic mass is 10.1. The second-order valence-electron chi connectivity index (χ2n) is 4.92. The summed E-state index contributed by atoms with van der Waals surface area (Å²) in [6, 6.07) is 5.23. The molecule has 0 aliphatic carbocycles. The molecule has 0 saturated carbocycles. The van der Waals surface area contributed by atoms with Crippen molar-refractivity contribution in [3.8, 4) is 5.75 Å². The van der Waals surface area contributed by atoms with Gasteiger partial charge in [-0.25, -0.2) is 8.42 Å². The van der Waals surface area contributed by atoms with Gasteiger partial charge in [0, 0.05) is 6.54 Å². The Bertz CT molecular complexity index is 496. The summed E-state index contributed by atoms with van der Waals surface area (Å²) in [7, 11) is -2.01. The molecule has 0 heterocycles. The minimum Gasteiger partial charge on any atom is -0.495 e. The Labute approximate surface area is 108 Å². The molecule has 0 aliphatic rings. The first-order valence-electron chi connectivity index (χ1n) is 5.61. The fourth-order valence-electron chi connectivity index (χ4n) is 1.32. The van der Waals surface area contributed by atoms with Crippen molar-refractivity contribution in [2.24, 2.45) is 5.73 Å². The number of benzene rings is 1. The quantitative estimate of drug-likeness (QED) is 0.874. The number of para-hydroxylation sites is 1. The van der Waals surface area contributed by atoms with Crippen LogP contribution in [0.15, 0.2) is 18.2 Å². The Morgan fingerprint density at radius 1 is 1.33 bits per heavy atom. The molecule has 3 N–H and O–H groups in total. The molecule has 6 heteroatoms. The van der Waals surface area contributed by atoms with Crippen LogP contribution in [0.3, 0.4) is 0 Å². The first kappa shape index (κ1) is 14.8. The van der Waals surface area contributed by atoms with Crippen LogP contribution >= 0.6 is 0 Å². The molecule has 0 unspecified atom stereocenters. The number of nitrogens with two attached hydrogens (primary N) is 1. The van der Waals surface area contributed by atoms with Gasteiger partial charge in [-0.2, -0.15) is 0 Å². The summed E-state index contributed by atoms with van der Waals surface area (Å²) in [5.41, 5.74) is 6.72. The zero-order valence-corrected chi connectivity index (χ0v) is 12.0. The number of nitrogens with one attached hydrogen (secondary N) is 1. The molecule has 1 aromatic carbocycles. The minimum absolute atomic E-state index is 0.235. The van der Waals surface area contributed by atoms with E-state index in [1.165, 1.54) is 7.11 Å². The number of methoxy groups -OCH3 is 1. The highest BCUT2D eigenvalue weighted by Gasteiger charge is 2.30. The van der Waals surface area contributed by atoms with Gasteiger partial charge in [-0.15, -0.1) is 0 Å². The molecule has 1 aromatic rings. The average molecular weight is 272 g/mol. The molecule has 0 saturated heterocycles. The van der Waals surface area contributed by atoms with Gasteiger partial charge in [-0.3, -0.25) is 4.72 Å². The second-order valence-corrected chi connectivity index (χ2v) is 7.35. The zero-order chi connectivity index (χ0) is 14.0. The fourth-order valence-corrected chi connectivity index (χ4v) is 2.13. The summed E-state index contributed by atoms with van der Waals surface area (Å²) in [4.78, 5) is 0. The molecule has 0 aliphatic heterocycles. The van der Waals surface area contributed by atoms with Gasteiger partial charge in [0.1, 0.15) is 5.75 Å². The molecule has 0 fully saturated rings. The van der Waals surface area contributed by atoms with E-state index in [-0.39, 0.29) is 6.54 Å². The second kappa shape index (κ2) is 5.16. The largest absolute Gasteiger partial charge is 0.495 e. The maximum atomic E-state index is 12.2. The van der Waals surface area contributed by atoms with Crippen LogP contribution in [0.2, 0.25) is 0 Å². The Hall–Kier alpha value is -1.27. The normalized spacial score (nSPS) is 12.3. The summed E-state index contributed by atoms with van der Waals surface area (Å²) in [5.74, 6) is 0.464. The van der Waals surface area contributed by atoms with Gasteiger partial charge in [0.15, 0.2) is 0 Å². The Kier molecular flexibility index (Phi) is 4.24. The molecular weight excluding hydrogens is 252 g/mol. The average Bonchev–Trinajstić information content (AvgIpc) is 2.27. The number of ether oxygens (including phenoxy) is 1. The van der Waals surface area contributed by atoms with Crippen LogP contribution in [0.1, 0.15) is 26.3 Å². The molecule has 0 atom stereocenters. The van der Waals surface area contributed by atoms with E-state index in [1.807, 2.05) is 0 Å². The molecule has 0 radical (unpaired) electrons. The van der Waals surface area contributed by atoms with Crippen LogP contribution in [0.4, 0.5) is 5.69 Å². The number of sulfonamides is 1. The van der Waals surface area contributed by atoms with Gasteiger partial charge >= 0.3 is 0 Å². The van der Waals surface area contributed by atoms with Gasteiger partial charge in [0.25, 0.3) is 0 Å². The SMILES string of the molecule is COc1cccc(CN)c1NS(=O)(=O)C(C)(C)C. The van der Waals surface area contributed by atoms with Crippen molar-refractivity contribution in [2.45, 2.75) is 32.1 Å². The molecule has 0 amide bonds. The summed E-state index contributed by atoms with van der Waals surface area (Å²) in [6.45, 7) is 5.13. The maximum absolute atomic E-state index is 12.2. The molecule has 1 rings (SSSR count). The van der Waals surface area contributed by atoms with Crippen LogP contribution in [-0.4, -0.2) is 20.3 Å².